The minimum Gasteiger partial charge on any atom is -0.461 e. The molecule has 1 saturated carbocycles. The number of aryl methyl sites for hydroxylation is 1. The number of pyridine rings is 1. The van der Waals surface area contributed by atoms with Crippen molar-refractivity contribution in [3.05, 3.63) is 41.9 Å². The van der Waals surface area contributed by atoms with E-state index in [0.29, 0.717) is 5.92 Å². The van der Waals surface area contributed by atoms with Gasteiger partial charge < -0.3 is 4.42 Å². The number of halogens is 1. The molecule has 2 heterocycles. The van der Waals surface area contributed by atoms with E-state index in [1.807, 2.05) is 19.1 Å². The van der Waals surface area contributed by atoms with Crippen molar-refractivity contribution in [1.29, 1.82) is 0 Å². The highest BCUT2D eigenvalue weighted by Crippen LogP contribution is 2.41. The van der Waals surface area contributed by atoms with Gasteiger partial charge in [0.05, 0.1) is 5.38 Å². The molecule has 0 amide bonds. The fraction of sp³-hybridized carbons (Fsp3) is 0.471. The topological polar surface area (TPSA) is 26.0 Å². The molecule has 2 aromatic rings. The standard InChI is InChI=1S/C17H20ClNO/c1-12-15(17(18)14-5-3-2-4-6-14)11-16(20-12)13-7-9-19-10-8-13/h7-11,14,17H,2-6H2,1H3. The molecule has 0 N–H and O–H groups in total. The number of nitrogens with zero attached hydrogens (tertiary/aromatic N) is 1. The van der Waals surface area contributed by atoms with Crippen molar-refractivity contribution in [3.63, 3.8) is 0 Å². The lowest BCUT2D eigenvalue weighted by atomic mass is 9.84. The van der Waals surface area contributed by atoms with Crippen molar-refractivity contribution >= 4 is 11.6 Å². The fourth-order valence-electron chi connectivity index (χ4n) is 3.11. The first-order valence-corrected chi connectivity index (χ1v) is 7.84. The van der Waals surface area contributed by atoms with E-state index in [-0.39, 0.29) is 5.38 Å². The van der Waals surface area contributed by atoms with Crippen LogP contribution in [-0.2, 0) is 0 Å². The first kappa shape index (κ1) is 13.7. The Morgan fingerprint density at radius 2 is 1.90 bits per heavy atom. The Balaban J connectivity index is 1.85. The van der Waals surface area contributed by atoms with Crippen LogP contribution < -0.4 is 0 Å². The molecule has 106 valence electrons. The number of rotatable bonds is 3. The van der Waals surface area contributed by atoms with Gasteiger partial charge in [-0.2, -0.15) is 0 Å². The Labute approximate surface area is 125 Å². The summed E-state index contributed by atoms with van der Waals surface area (Å²) in [5.74, 6) is 2.43. The first-order chi connectivity index (χ1) is 9.75. The van der Waals surface area contributed by atoms with Crippen molar-refractivity contribution < 1.29 is 4.42 Å². The number of hydrogen-bond acceptors (Lipinski definition) is 2. The second-order valence-electron chi connectivity index (χ2n) is 5.66. The summed E-state index contributed by atoms with van der Waals surface area (Å²) in [5.41, 5.74) is 2.22. The van der Waals surface area contributed by atoms with Gasteiger partial charge in [0.2, 0.25) is 0 Å². The van der Waals surface area contributed by atoms with Crippen molar-refractivity contribution in [2.75, 3.05) is 0 Å². The van der Waals surface area contributed by atoms with Crippen LogP contribution in [0.4, 0.5) is 0 Å². The van der Waals surface area contributed by atoms with E-state index >= 15 is 0 Å². The lowest BCUT2D eigenvalue weighted by molar-refractivity contribution is 0.346. The number of furan rings is 1. The van der Waals surface area contributed by atoms with E-state index in [2.05, 4.69) is 11.1 Å². The molecular weight excluding hydrogens is 270 g/mol. The van der Waals surface area contributed by atoms with Crippen molar-refractivity contribution in [2.24, 2.45) is 5.92 Å². The average Bonchev–Trinajstić information content (AvgIpc) is 2.90. The molecule has 2 nitrogen and oxygen atoms in total. The van der Waals surface area contributed by atoms with Gasteiger partial charge in [-0.3, -0.25) is 4.98 Å². The van der Waals surface area contributed by atoms with Crippen LogP contribution in [0, 0.1) is 12.8 Å². The molecule has 0 saturated heterocycles. The Kier molecular flexibility index (Phi) is 4.11. The molecule has 2 aromatic heterocycles. The third kappa shape index (κ3) is 2.76. The van der Waals surface area contributed by atoms with E-state index in [0.717, 1.165) is 22.6 Å². The Bertz CT molecular complexity index is 558. The molecule has 1 fully saturated rings. The minimum atomic E-state index is 0.0784. The van der Waals surface area contributed by atoms with E-state index in [1.165, 1.54) is 32.1 Å². The molecule has 0 bridgehead atoms. The van der Waals surface area contributed by atoms with Crippen molar-refractivity contribution in [2.45, 2.75) is 44.4 Å². The molecule has 3 rings (SSSR count). The highest BCUT2D eigenvalue weighted by Gasteiger charge is 2.26. The van der Waals surface area contributed by atoms with Gasteiger partial charge in [-0.05, 0) is 43.9 Å². The molecule has 1 atom stereocenters. The van der Waals surface area contributed by atoms with Crippen molar-refractivity contribution in [1.82, 2.24) is 4.98 Å². The molecular formula is C17H20ClNO. The summed E-state index contributed by atoms with van der Waals surface area (Å²) in [5, 5.41) is 0.0784. The van der Waals surface area contributed by atoms with Crippen LogP contribution in [0.25, 0.3) is 11.3 Å². The highest BCUT2D eigenvalue weighted by molar-refractivity contribution is 6.21. The van der Waals surface area contributed by atoms with E-state index < -0.39 is 0 Å². The van der Waals surface area contributed by atoms with E-state index in [4.69, 9.17) is 16.0 Å². The van der Waals surface area contributed by atoms with Gasteiger partial charge in [-0.15, -0.1) is 11.6 Å². The van der Waals surface area contributed by atoms with Crippen LogP contribution in [0.5, 0.6) is 0 Å². The monoisotopic (exact) mass is 289 g/mol. The summed E-state index contributed by atoms with van der Waals surface area (Å²) < 4.78 is 5.90. The van der Waals surface area contributed by atoms with Crippen LogP contribution >= 0.6 is 11.6 Å². The van der Waals surface area contributed by atoms with Gasteiger partial charge in [0.25, 0.3) is 0 Å². The maximum atomic E-state index is 6.72. The van der Waals surface area contributed by atoms with Crippen LogP contribution in [0.1, 0.15) is 48.8 Å². The second kappa shape index (κ2) is 6.01. The fourth-order valence-corrected chi connectivity index (χ4v) is 3.58. The maximum Gasteiger partial charge on any atom is 0.134 e. The SMILES string of the molecule is Cc1oc(-c2ccncc2)cc1C(Cl)C1CCCCC1. The largest absolute Gasteiger partial charge is 0.461 e. The molecule has 0 aliphatic heterocycles. The number of hydrogen-bond donors (Lipinski definition) is 0. The van der Waals surface area contributed by atoms with Gasteiger partial charge in [0.1, 0.15) is 11.5 Å². The van der Waals surface area contributed by atoms with Gasteiger partial charge in [-0.1, -0.05) is 19.3 Å². The van der Waals surface area contributed by atoms with Gasteiger partial charge in [0, 0.05) is 23.5 Å². The average molecular weight is 290 g/mol. The summed E-state index contributed by atoms with van der Waals surface area (Å²) in [6.07, 6.45) is 10.0. The molecule has 0 aromatic carbocycles. The quantitative estimate of drug-likeness (QED) is 0.696. The van der Waals surface area contributed by atoms with Gasteiger partial charge >= 0.3 is 0 Å². The molecule has 0 radical (unpaired) electrons. The predicted octanol–water partition coefficient (Wildman–Crippen LogP) is 5.51. The second-order valence-corrected chi connectivity index (χ2v) is 6.13. The van der Waals surface area contributed by atoms with Crippen molar-refractivity contribution in [3.8, 4) is 11.3 Å². The number of aromatic nitrogens is 1. The third-order valence-corrected chi connectivity index (χ3v) is 4.87. The molecule has 1 aliphatic carbocycles. The zero-order valence-corrected chi connectivity index (χ0v) is 12.6. The molecule has 1 aliphatic rings. The Morgan fingerprint density at radius 1 is 1.20 bits per heavy atom. The van der Waals surface area contributed by atoms with Crippen LogP contribution in [0.3, 0.4) is 0 Å². The minimum absolute atomic E-state index is 0.0784. The first-order valence-electron chi connectivity index (χ1n) is 7.40. The summed E-state index contributed by atoms with van der Waals surface area (Å²) >= 11 is 6.72. The summed E-state index contributed by atoms with van der Waals surface area (Å²) in [7, 11) is 0. The number of alkyl halides is 1. The van der Waals surface area contributed by atoms with Crippen LogP contribution in [0.15, 0.2) is 35.0 Å². The van der Waals surface area contributed by atoms with E-state index in [1.54, 1.807) is 12.4 Å². The zero-order valence-electron chi connectivity index (χ0n) is 11.8. The smallest absolute Gasteiger partial charge is 0.134 e. The molecule has 0 spiro atoms. The lowest BCUT2D eigenvalue weighted by Crippen LogP contribution is -2.12. The summed E-state index contributed by atoms with van der Waals surface area (Å²) in [6, 6.07) is 6.04. The summed E-state index contributed by atoms with van der Waals surface area (Å²) in [6.45, 7) is 2.01. The normalized spacial score (nSPS) is 18.1. The highest BCUT2D eigenvalue weighted by atomic mass is 35.5. The molecule has 20 heavy (non-hydrogen) atoms. The Morgan fingerprint density at radius 3 is 2.60 bits per heavy atom. The van der Waals surface area contributed by atoms with Crippen LogP contribution in [-0.4, -0.2) is 4.98 Å². The Hall–Kier alpha value is -1.28. The lowest BCUT2D eigenvalue weighted by Gasteiger charge is -2.25. The van der Waals surface area contributed by atoms with Gasteiger partial charge in [0.15, 0.2) is 0 Å². The zero-order chi connectivity index (χ0) is 13.9. The van der Waals surface area contributed by atoms with E-state index in [9.17, 15) is 0 Å². The third-order valence-electron chi connectivity index (χ3n) is 4.28. The van der Waals surface area contributed by atoms with Crippen LogP contribution in [0.2, 0.25) is 0 Å². The summed E-state index contributed by atoms with van der Waals surface area (Å²) in [4.78, 5) is 4.04. The molecule has 1 unspecified atom stereocenters. The maximum absolute atomic E-state index is 6.72. The predicted molar refractivity (Wildman–Crippen MR) is 81.8 cm³/mol. The molecule has 3 heteroatoms. The van der Waals surface area contributed by atoms with Gasteiger partial charge in [-0.25, -0.2) is 0 Å².